The highest BCUT2D eigenvalue weighted by atomic mass is 35.5. The van der Waals surface area contributed by atoms with Crippen molar-refractivity contribution in [2.24, 2.45) is 0 Å². The fraction of sp³-hybridized carbons (Fsp3) is 0.524. The molecule has 0 spiro atoms. The quantitative estimate of drug-likeness (QED) is 0.284. The SMILES string of the molecule is CCCCCCCCOc1ccc2c(Cl)c(OCCCCl)ccc2c1. The molecule has 2 nitrogen and oxygen atoms in total. The zero-order chi connectivity index (χ0) is 17.9. The first-order valence-electron chi connectivity index (χ1n) is 9.30. The lowest BCUT2D eigenvalue weighted by Gasteiger charge is -2.11. The summed E-state index contributed by atoms with van der Waals surface area (Å²) in [4.78, 5) is 0. The average Bonchev–Trinajstić information content (AvgIpc) is 2.63. The minimum atomic E-state index is 0.578. The number of alkyl halides is 1. The first-order chi connectivity index (χ1) is 12.3. The Labute approximate surface area is 161 Å². The molecule has 25 heavy (non-hydrogen) atoms. The lowest BCUT2D eigenvalue weighted by Crippen LogP contribution is -1.99. The van der Waals surface area contributed by atoms with E-state index in [9.17, 15) is 0 Å². The molecular weight excluding hydrogens is 355 g/mol. The largest absolute Gasteiger partial charge is 0.494 e. The van der Waals surface area contributed by atoms with Crippen molar-refractivity contribution in [3.8, 4) is 11.5 Å². The van der Waals surface area contributed by atoms with Gasteiger partial charge >= 0.3 is 0 Å². The number of fused-ring (bicyclic) bond motifs is 1. The van der Waals surface area contributed by atoms with Crippen LogP contribution >= 0.6 is 23.2 Å². The van der Waals surface area contributed by atoms with E-state index in [1.807, 2.05) is 30.3 Å². The molecule has 4 heteroatoms. The first-order valence-corrected chi connectivity index (χ1v) is 10.2. The topological polar surface area (TPSA) is 18.5 Å². The second-order valence-corrected chi connectivity index (χ2v) is 7.02. The van der Waals surface area contributed by atoms with Crippen LogP contribution < -0.4 is 9.47 Å². The Balaban J connectivity index is 1.88. The molecule has 138 valence electrons. The summed E-state index contributed by atoms with van der Waals surface area (Å²) in [6.45, 7) is 3.59. The highest BCUT2D eigenvalue weighted by Crippen LogP contribution is 2.34. The van der Waals surface area contributed by atoms with Crippen molar-refractivity contribution < 1.29 is 9.47 Å². The van der Waals surface area contributed by atoms with E-state index in [4.69, 9.17) is 32.7 Å². The Morgan fingerprint density at radius 2 is 1.60 bits per heavy atom. The van der Waals surface area contributed by atoms with Crippen molar-refractivity contribution in [3.63, 3.8) is 0 Å². The zero-order valence-corrected chi connectivity index (χ0v) is 16.5. The van der Waals surface area contributed by atoms with E-state index in [0.29, 0.717) is 23.3 Å². The Morgan fingerprint density at radius 3 is 2.40 bits per heavy atom. The number of ether oxygens (including phenoxy) is 2. The monoisotopic (exact) mass is 382 g/mol. The van der Waals surface area contributed by atoms with Crippen LogP contribution in [0, 0.1) is 0 Å². The van der Waals surface area contributed by atoms with Gasteiger partial charge in [-0.05, 0) is 42.5 Å². The lowest BCUT2D eigenvalue weighted by atomic mass is 10.1. The van der Waals surface area contributed by atoms with Crippen molar-refractivity contribution in [1.82, 2.24) is 0 Å². The summed E-state index contributed by atoms with van der Waals surface area (Å²) in [6.07, 6.45) is 8.41. The molecule has 0 heterocycles. The van der Waals surface area contributed by atoms with Gasteiger partial charge in [0.15, 0.2) is 0 Å². The van der Waals surface area contributed by atoms with E-state index < -0.39 is 0 Å². The first kappa shape index (κ1) is 20.2. The summed E-state index contributed by atoms with van der Waals surface area (Å²) in [7, 11) is 0. The molecule has 0 bridgehead atoms. The fourth-order valence-electron chi connectivity index (χ4n) is 2.76. The molecule has 0 aliphatic carbocycles. The molecule has 0 aliphatic heterocycles. The van der Waals surface area contributed by atoms with Crippen LogP contribution in [0.25, 0.3) is 10.8 Å². The van der Waals surface area contributed by atoms with Crippen LogP contribution in [0.1, 0.15) is 51.9 Å². The summed E-state index contributed by atoms with van der Waals surface area (Å²) in [5.74, 6) is 2.19. The van der Waals surface area contributed by atoms with Gasteiger partial charge in [-0.1, -0.05) is 56.7 Å². The van der Waals surface area contributed by atoms with Crippen molar-refractivity contribution in [1.29, 1.82) is 0 Å². The maximum Gasteiger partial charge on any atom is 0.138 e. The predicted molar refractivity (Wildman–Crippen MR) is 109 cm³/mol. The molecule has 2 aromatic carbocycles. The Morgan fingerprint density at radius 1 is 0.840 bits per heavy atom. The summed E-state index contributed by atoms with van der Waals surface area (Å²) in [5.41, 5.74) is 0. The standard InChI is InChI=1S/C21H28Cl2O2/c1-2-3-4-5-6-7-14-24-18-10-11-19-17(16-18)9-12-20(21(19)23)25-15-8-13-22/h9-12,16H,2-8,13-15H2,1H3. The molecule has 0 atom stereocenters. The van der Waals surface area contributed by atoms with Gasteiger partial charge in [0.1, 0.15) is 11.5 Å². The van der Waals surface area contributed by atoms with Crippen LogP contribution in [0.2, 0.25) is 5.02 Å². The highest BCUT2D eigenvalue weighted by molar-refractivity contribution is 6.37. The molecule has 0 aromatic heterocycles. The summed E-state index contributed by atoms with van der Waals surface area (Å²) in [5, 5.41) is 2.70. The Kier molecular flexibility index (Phi) is 9.28. The van der Waals surface area contributed by atoms with Gasteiger partial charge in [0.2, 0.25) is 0 Å². The molecular formula is C21H28Cl2O2. The van der Waals surface area contributed by atoms with Gasteiger partial charge in [-0.15, -0.1) is 11.6 Å². The van der Waals surface area contributed by atoms with E-state index in [2.05, 4.69) is 6.92 Å². The Hall–Kier alpha value is -1.12. The molecule has 0 saturated heterocycles. The molecule has 0 unspecified atom stereocenters. The normalized spacial score (nSPS) is 11.0. The molecule has 2 rings (SSSR count). The maximum absolute atomic E-state index is 6.46. The van der Waals surface area contributed by atoms with Crippen molar-refractivity contribution in [3.05, 3.63) is 35.4 Å². The summed E-state index contributed by atoms with van der Waals surface area (Å²) in [6, 6.07) is 9.96. The predicted octanol–water partition coefficient (Wildman–Crippen LogP) is 7.24. The highest BCUT2D eigenvalue weighted by Gasteiger charge is 2.08. The lowest BCUT2D eigenvalue weighted by molar-refractivity contribution is 0.304. The summed E-state index contributed by atoms with van der Waals surface area (Å²) >= 11 is 12.1. The number of halogens is 2. The van der Waals surface area contributed by atoms with Crippen molar-refractivity contribution >= 4 is 34.0 Å². The third-order valence-electron chi connectivity index (χ3n) is 4.19. The molecule has 0 fully saturated rings. The summed E-state index contributed by atoms with van der Waals surface area (Å²) < 4.78 is 11.6. The second kappa shape index (κ2) is 11.5. The van der Waals surface area contributed by atoms with Gasteiger partial charge in [-0.2, -0.15) is 0 Å². The van der Waals surface area contributed by atoms with Crippen molar-refractivity contribution in [2.75, 3.05) is 19.1 Å². The van der Waals surface area contributed by atoms with E-state index in [1.54, 1.807) is 0 Å². The van der Waals surface area contributed by atoms with Crippen LogP contribution in [0.15, 0.2) is 30.3 Å². The Bertz CT molecular complexity index is 643. The third-order valence-corrected chi connectivity index (χ3v) is 4.85. The van der Waals surface area contributed by atoms with Gasteiger partial charge in [0.25, 0.3) is 0 Å². The minimum absolute atomic E-state index is 0.578. The van der Waals surface area contributed by atoms with Crippen LogP contribution in [0.4, 0.5) is 0 Å². The van der Waals surface area contributed by atoms with Crippen LogP contribution in [0.3, 0.4) is 0 Å². The van der Waals surface area contributed by atoms with Gasteiger partial charge in [0.05, 0.1) is 18.2 Å². The molecule has 0 amide bonds. The van der Waals surface area contributed by atoms with E-state index in [-0.39, 0.29) is 0 Å². The van der Waals surface area contributed by atoms with Crippen LogP contribution in [0.5, 0.6) is 11.5 Å². The number of benzene rings is 2. The van der Waals surface area contributed by atoms with Crippen LogP contribution in [-0.4, -0.2) is 19.1 Å². The molecule has 0 aliphatic rings. The smallest absolute Gasteiger partial charge is 0.138 e. The molecule has 0 N–H and O–H groups in total. The van der Waals surface area contributed by atoms with Gasteiger partial charge in [-0.3, -0.25) is 0 Å². The van der Waals surface area contributed by atoms with Crippen molar-refractivity contribution in [2.45, 2.75) is 51.9 Å². The number of rotatable bonds is 12. The fourth-order valence-corrected chi connectivity index (χ4v) is 3.16. The van der Waals surface area contributed by atoms with E-state index >= 15 is 0 Å². The number of hydrogen-bond donors (Lipinski definition) is 0. The number of hydrogen-bond acceptors (Lipinski definition) is 2. The van der Waals surface area contributed by atoms with Gasteiger partial charge in [-0.25, -0.2) is 0 Å². The average molecular weight is 383 g/mol. The van der Waals surface area contributed by atoms with Crippen LogP contribution in [-0.2, 0) is 0 Å². The third kappa shape index (κ3) is 6.60. The van der Waals surface area contributed by atoms with Gasteiger partial charge in [0, 0.05) is 11.3 Å². The maximum atomic E-state index is 6.46. The van der Waals surface area contributed by atoms with Gasteiger partial charge < -0.3 is 9.47 Å². The minimum Gasteiger partial charge on any atom is -0.494 e. The number of unbranched alkanes of at least 4 members (excludes halogenated alkanes) is 5. The second-order valence-electron chi connectivity index (χ2n) is 6.27. The van der Waals surface area contributed by atoms with E-state index in [1.165, 1.54) is 32.1 Å². The molecule has 0 saturated carbocycles. The molecule has 2 aromatic rings. The zero-order valence-electron chi connectivity index (χ0n) is 15.0. The van der Waals surface area contributed by atoms with E-state index in [0.717, 1.165) is 36.0 Å². The molecule has 0 radical (unpaired) electrons.